The highest BCUT2D eigenvalue weighted by Gasteiger charge is 2.10. The molecule has 0 aliphatic heterocycles. The van der Waals surface area contributed by atoms with Gasteiger partial charge in [-0.1, -0.05) is 29.3 Å². The Kier molecular flexibility index (Phi) is 2.77. The summed E-state index contributed by atoms with van der Waals surface area (Å²) in [5.74, 6) is 0. The van der Waals surface area contributed by atoms with Gasteiger partial charge in [0, 0.05) is 16.6 Å². The van der Waals surface area contributed by atoms with E-state index in [1.165, 1.54) is 0 Å². The third-order valence-electron chi connectivity index (χ3n) is 1.80. The molecule has 72 valence electrons. The number of benzene rings is 1. The SMILES string of the molecule is Cc1csc(-c2c(Cl)cccc2Cl)n1. The van der Waals surface area contributed by atoms with Gasteiger partial charge in [-0.2, -0.15) is 0 Å². The second-order valence-electron chi connectivity index (χ2n) is 2.89. The van der Waals surface area contributed by atoms with Crippen LogP contribution in [-0.2, 0) is 0 Å². The summed E-state index contributed by atoms with van der Waals surface area (Å²) in [5, 5.41) is 4.14. The summed E-state index contributed by atoms with van der Waals surface area (Å²) in [6.45, 7) is 1.95. The summed E-state index contributed by atoms with van der Waals surface area (Å²) < 4.78 is 0. The lowest BCUT2D eigenvalue weighted by molar-refractivity contribution is 1.27. The maximum absolute atomic E-state index is 6.06. The molecule has 1 aromatic heterocycles. The standard InChI is InChI=1S/C10H7Cl2NS/c1-6-5-14-10(13-6)9-7(11)3-2-4-8(9)12/h2-5H,1H3. The maximum Gasteiger partial charge on any atom is 0.126 e. The quantitative estimate of drug-likeness (QED) is 0.723. The second kappa shape index (κ2) is 3.89. The van der Waals surface area contributed by atoms with Crippen LogP contribution >= 0.6 is 34.5 Å². The lowest BCUT2D eigenvalue weighted by atomic mass is 10.2. The Morgan fingerprint density at radius 3 is 2.36 bits per heavy atom. The number of hydrogen-bond acceptors (Lipinski definition) is 2. The van der Waals surface area contributed by atoms with Gasteiger partial charge in [-0.05, 0) is 19.1 Å². The van der Waals surface area contributed by atoms with E-state index in [-0.39, 0.29) is 0 Å². The molecule has 0 unspecified atom stereocenters. The average Bonchev–Trinajstić information content (AvgIpc) is 2.51. The van der Waals surface area contributed by atoms with Gasteiger partial charge in [-0.15, -0.1) is 11.3 Å². The van der Waals surface area contributed by atoms with Crippen molar-refractivity contribution in [3.63, 3.8) is 0 Å². The highest BCUT2D eigenvalue weighted by molar-refractivity contribution is 7.13. The summed E-state index contributed by atoms with van der Waals surface area (Å²) in [5.41, 5.74) is 1.81. The van der Waals surface area contributed by atoms with E-state index < -0.39 is 0 Å². The van der Waals surface area contributed by atoms with Crippen LogP contribution < -0.4 is 0 Å². The van der Waals surface area contributed by atoms with Gasteiger partial charge in [0.05, 0.1) is 10.0 Å². The lowest BCUT2D eigenvalue weighted by Gasteiger charge is -2.01. The molecule has 1 aromatic carbocycles. The van der Waals surface area contributed by atoms with E-state index in [1.807, 2.05) is 30.5 Å². The number of nitrogens with zero attached hydrogens (tertiary/aromatic N) is 1. The second-order valence-corrected chi connectivity index (χ2v) is 4.56. The molecule has 0 N–H and O–H groups in total. The Morgan fingerprint density at radius 1 is 1.21 bits per heavy atom. The minimum absolute atomic E-state index is 0.645. The van der Waals surface area contributed by atoms with E-state index in [0.29, 0.717) is 10.0 Å². The van der Waals surface area contributed by atoms with Crippen molar-refractivity contribution in [3.05, 3.63) is 39.3 Å². The Labute approximate surface area is 96.3 Å². The molecule has 0 radical (unpaired) electrons. The van der Waals surface area contributed by atoms with Crippen molar-refractivity contribution < 1.29 is 0 Å². The van der Waals surface area contributed by atoms with Gasteiger partial charge in [0.25, 0.3) is 0 Å². The topological polar surface area (TPSA) is 12.9 Å². The number of hydrogen-bond donors (Lipinski definition) is 0. The molecule has 0 aliphatic carbocycles. The third kappa shape index (κ3) is 1.78. The number of thiazole rings is 1. The fourth-order valence-electron chi connectivity index (χ4n) is 1.17. The molecule has 2 aromatic rings. The van der Waals surface area contributed by atoms with Crippen LogP contribution in [0.3, 0.4) is 0 Å². The molecule has 0 saturated carbocycles. The Bertz CT molecular complexity index is 445. The summed E-state index contributed by atoms with van der Waals surface area (Å²) in [7, 11) is 0. The molecular weight excluding hydrogens is 237 g/mol. The largest absolute Gasteiger partial charge is 0.241 e. The number of halogens is 2. The summed E-state index contributed by atoms with van der Waals surface area (Å²) in [6.07, 6.45) is 0. The van der Waals surface area contributed by atoms with E-state index >= 15 is 0 Å². The lowest BCUT2D eigenvalue weighted by Crippen LogP contribution is -1.80. The van der Waals surface area contributed by atoms with Crippen molar-refractivity contribution >= 4 is 34.5 Å². The average molecular weight is 244 g/mol. The first-order chi connectivity index (χ1) is 6.68. The zero-order chi connectivity index (χ0) is 10.1. The zero-order valence-electron chi connectivity index (χ0n) is 7.42. The molecule has 0 atom stereocenters. The number of rotatable bonds is 1. The molecule has 0 fully saturated rings. The molecule has 1 heterocycles. The molecule has 0 spiro atoms. The minimum atomic E-state index is 0.645. The first-order valence-corrected chi connectivity index (χ1v) is 5.68. The van der Waals surface area contributed by atoms with Crippen molar-refractivity contribution in [1.82, 2.24) is 4.98 Å². The Balaban J connectivity index is 2.61. The third-order valence-corrected chi connectivity index (χ3v) is 3.40. The fourth-order valence-corrected chi connectivity index (χ4v) is 2.73. The van der Waals surface area contributed by atoms with Crippen molar-refractivity contribution in [3.8, 4) is 10.6 Å². The van der Waals surface area contributed by atoms with Gasteiger partial charge in [-0.3, -0.25) is 0 Å². The Morgan fingerprint density at radius 2 is 1.86 bits per heavy atom. The van der Waals surface area contributed by atoms with Crippen molar-refractivity contribution in [2.75, 3.05) is 0 Å². The molecule has 4 heteroatoms. The number of aryl methyl sites for hydroxylation is 1. The van der Waals surface area contributed by atoms with Gasteiger partial charge >= 0.3 is 0 Å². The summed E-state index contributed by atoms with van der Waals surface area (Å²) >= 11 is 13.7. The molecule has 0 bridgehead atoms. The van der Waals surface area contributed by atoms with E-state index in [9.17, 15) is 0 Å². The van der Waals surface area contributed by atoms with Gasteiger partial charge in [0.1, 0.15) is 5.01 Å². The van der Waals surface area contributed by atoms with Crippen molar-refractivity contribution in [2.24, 2.45) is 0 Å². The molecular formula is C10H7Cl2NS. The van der Waals surface area contributed by atoms with Gasteiger partial charge in [-0.25, -0.2) is 4.98 Å². The molecule has 14 heavy (non-hydrogen) atoms. The van der Waals surface area contributed by atoms with Crippen molar-refractivity contribution in [2.45, 2.75) is 6.92 Å². The van der Waals surface area contributed by atoms with Gasteiger partial charge < -0.3 is 0 Å². The highest BCUT2D eigenvalue weighted by Crippen LogP contribution is 2.35. The molecule has 0 saturated heterocycles. The maximum atomic E-state index is 6.06. The van der Waals surface area contributed by atoms with Crippen LogP contribution in [0.25, 0.3) is 10.6 Å². The zero-order valence-corrected chi connectivity index (χ0v) is 9.75. The fraction of sp³-hybridized carbons (Fsp3) is 0.100. The molecule has 1 nitrogen and oxygen atoms in total. The van der Waals surface area contributed by atoms with Gasteiger partial charge in [0.15, 0.2) is 0 Å². The smallest absolute Gasteiger partial charge is 0.126 e. The van der Waals surface area contributed by atoms with E-state index in [2.05, 4.69) is 4.98 Å². The minimum Gasteiger partial charge on any atom is -0.241 e. The van der Waals surface area contributed by atoms with Crippen molar-refractivity contribution in [1.29, 1.82) is 0 Å². The Hall–Kier alpha value is -0.570. The molecule has 0 aliphatic rings. The van der Waals surface area contributed by atoms with Crippen LogP contribution in [0.15, 0.2) is 23.6 Å². The predicted octanol–water partition coefficient (Wildman–Crippen LogP) is 4.43. The summed E-state index contributed by atoms with van der Waals surface area (Å²) in [4.78, 5) is 4.35. The first-order valence-electron chi connectivity index (χ1n) is 4.05. The predicted molar refractivity (Wildman–Crippen MR) is 62.3 cm³/mol. The number of aromatic nitrogens is 1. The van der Waals surface area contributed by atoms with Crippen LogP contribution in [-0.4, -0.2) is 4.98 Å². The van der Waals surface area contributed by atoms with E-state index in [4.69, 9.17) is 23.2 Å². The first kappa shape index (κ1) is 9.97. The van der Waals surface area contributed by atoms with Gasteiger partial charge in [0.2, 0.25) is 0 Å². The molecule has 2 rings (SSSR count). The molecule has 0 amide bonds. The normalized spacial score (nSPS) is 10.5. The van der Waals surface area contributed by atoms with Crippen LogP contribution in [0, 0.1) is 6.92 Å². The van der Waals surface area contributed by atoms with Crippen LogP contribution in [0.4, 0.5) is 0 Å². The summed E-state index contributed by atoms with van der Waals surface area (Å²) in [6, 6.07) is 5.47. The van der Waals surface area contributed by atoms with Crippen LogP contribution in [0.2, 0.25) is 10.0 Å². The highest BCUT2D eigenvalue weighted by atomic mass is 35.5. The monoisotopic (exact) mass is 243 g/mol. The van der Waals surface area contributed by atoms with Crippen LogP contribution in [0.5, 0.6) is 0 Å². The van der Waals surface area contributed by atoms with E-state index in [1.54, 1.807) is 11.3 Å². The van der Waals surface area contributed by atoms with E-state index in [0.717, 1.165) is 16.3 Å². The van der Waals surface area contributed by atoms with Crippen LogP contribution in [0.1, 0.15) is 5.69 Å².